The molecule has 4 nitrogen and oxygen atoms in total. The van der Waals surface area contributed by atoms with Crippen molar-refractivity contribution in [3.8, 4) is 0 Å². The van der Waals surface area contributed by atoms with Gasteiger partial charge in [0.2, 0.25) is 5.91 Å². The third-order valence-corrected chi connectivity index (χ3v) is 2.88. The molecule has 1 rings (SSSR count). The topological polar surface area (TPSA) is 46.6 Å². The minimum Gasteiger partial charge on any atom is -0.464 e. The summed E-state index contributed by atoms with van der Waals surface area (Å²) < 4.78 is 4.99. The summed E-state index contributed by atoms with van der Waals surface area (Å²) in [6.07, 6.45) is 2.86. The normalized spacial score (nSPS) is 25.0. The Hall–Kier alpha value is -1.32. The maximum atomic E-state index is 11.7. The Kier molecular flexibility index (Phi) is 4.52. The average Bonchev–Trinajstić information content (AvgIpc) is 2.28. The maximum absolute atomic E-state index is 11.7. The number of carbonyl (C=O) groups is 2. The van der Waals surface area contributed by atoms with E-state index in [2.05, 4.69) is 13.5 Å². The van der Waals surface area contributed by atoms with Gasteiger partial charge >= 0.3 is 5.97 Å². The fraction of sp³-hybridized carbons (Fsp3) is 0.667. The number of amides is 1. The second-order valence-electron chi connectivity index (χ2n) is 4.13. The molecule has 1 aliphatic rings. The first-order chi connectivity index (χ1) is 7.60. The molecule has 16 heavy (non-hydrogen) atoms. The Labute approximate surface area is 96.3 Å². The number of hydrogen-bond acceptors (Lipinski definition) is 3. The maximum Gasteiger partial charge on any atom is 0.328 e. The van der Waals surface area contributed by atoms with Gasteiger partial charge in [0.15, 0.2) is 0 Å². The van der Waals surface area contributed by atoms with E-state index >= 15 is 0 Å². The summed E-state index contributed by atoms with van der Waals surface area (Å²) in [5.74, 6) is -0.0440. The first kappa shape index (κ1) is 12.7. The van der Waals surface area contributed by atoms with Crippen molar-refractivity contribution in [2.45, 2.75) is 32.7 Å². The molecule has 0 saturated carbocycles. The molecule has 90 valence electrons. The molecule has 1 aliphatic heterocycles. The molecule has 0 spiro atoms. The molecule has 0 N–H and O–H groups in total. The lowest BCUT2D eigenvalue weighted by atomic mass is 9.92. The van der Waals surface area contributed by atoms with Crippen molar-refractivity contribution < 1.29 is 14.3 Å². The Morgan fingerprint density at radius 1 is 1.56 bits per heavy atom. The monoisotopic (exact) mass is 225 g/mol. The Balaban J connectivity index is 2.76. The highest BCUT2D eigenvalue weighted by Crippen LogP contribution is 2.23. The zero-order valence-electron chi connectivity index (χ0n) is 9.94. The van der Waals surface area contributed by atoms with E-state index < -0.39 is 6.04 Å². The van der Waals surface area contributed by atoms with Gasteiger partial charge in [-0.15, -0.1) is 0 Å². The summed E-state index contributed by atoms with van der Waals surface area (Å²) in [5, 5.41) is 0. The lowest BCUT2D eigenvalue weighted by Crippen LogP contribution is -2.49. The first-order valence-corrected chi connectivity index (χ1v) is 5.69. The molecule has 2 atom stereocenters. The summed E-state index contributed by atoms with van der Waals surface area (Å²) in [7, 11) is 0. The van der Waals surface area contributed by atoms with Gasteiger partial charge in [0.25, 0.3) is 0 Å². The van der Waals surface area contributed by atoms with Crippen molar-refractivity contribution in [1.82, 2.24) is 4.90 Å². The van der Waals surface area contributed by atoms with Gasteiger partial charge in [0.1, 0.15) is 6.04 Å². The number of esters is 1. The van der Waals surface area contributed by atoms with Crippen LogP contribution in [0.1, 0.15) is 26.7 Å². The number of hydrogen-bond donors (Lipinski definition) is 0. The van der Waals surface area contributed by atoms with E-state index in [-0.39, 0.29) is 11.9 Å². The molecule has 1 saturated heterocycles. The van der Waals surface area contributed by atoms with Gasteiger partial charge in [0, 0.05) is 6.54 Å². The molecule has 0 aromatic carbocycles. The lowest BCUT2D eigenvalue weighted by molar-refractivity contribution is -0.156. The van der Waals surface area contributed by atoms with Gasteiger partial charge in [-0.1, -0.05) is 13.5 Å². The minimum absolute atomic E-state index is 0.190. The van der Waals surface area contributed by atoms with E-state index in [0.29, 0.717) is 25.5 Å². The number of piperidine rings is 1. The van der Waals surface area contributed by atoms with Crippen molar-refractivity contribution in [1.29, 1.82) is 0 Å². The van der Waals surface area contributed by atoms with Crippen molar-refractivity contribution in [3.63, 3.8) is 0 Å². The van der Waals surface area contributed by atoms with Gasteiger partial charge in [-0.25, -0.2) is 4.79 Å². The Bertz CT molecular complexity index is 288. The molecule has 0 bridgehead atoms. The van der Waals surface area contributed by atoms with Crippen LogP contribution in [0.25, 0.3) is 0 Å². The van der Waals surface area contributed by atoms with Crippen LogP contribution in [0.4, 0.5) is 0 Å². The molecule has 0 aliphatic carbocycles. The van der Waals surface area contributed by atoms with E-state index in [1.165, 1.54) is 6.08 Å². The highest BCUT2D eigenvalue weighted by molar-refractivity contribution is 5.91. The van der Waals surface area contributed by atoms with Crippen LogP contribution in [0.15, 0.2) is 12.7 Å². The van der Waals surface area contributed by atoms with Crippen LogP contribution >= 0.6 is 0 Å². The average molecular weight is 225 g/mol. The molecule has 0 aromatic heterocycles. The van der Waals surface area contributed by atoms with Gasteiger partial charge in [0.05, 0.1) is 6.61 Å². The van der Waals surface area contributed by atoms with Crippen molar-refractivity contribution in [2.24, 2.45) is 5.92 Å². The lowest BCUT2D eigenvalue weighted by Gasteiger charge is -2.36. The molecular weight excluding hydrogens is 206 g/mol. The number of ether oxygens (including phenoxy) is 1. The van der Waals surface area contributed by atoms with Crippen LogP contribution < -0.4 is 0 Å². The van der Waals surface area contributed by atoms with E-state index in [1.54, 1.807) is 11.8 Å². The number of carbonyl (C=O) groups excluding carboxylic acids is 2. The highest BCUT2D eigenvalue weighted by Gasteiger charge is 2.34. The van der Waals surface area contributed by atoms with Crippen LogP contribution in [-0.4, -0.2) is 36.0 Å². The highest BCUT2D eigenvalue weighted by atomic mass is 16.5. The van der Waals surface area contributed by atoms with E-state index in [4.69, 9.17) is 4.74 Å². The molecule has 1 amide bonds. The van der Waals surface area contributed by atoms with Crippen molar-refractivity contribution in [3.05, 3.63) is 12.7 Å². The molecule has 0 radical (unpaired) electrons. The summed E-state index contributed by atoms with van der Waals surface area (Å²) in [5.41, 5.74) is 0. The van der Waals surface area contributed by atoms with Gasteiger partial charge in [-0.3, -0.25) is 4.79 Å². The van der Waals surface area contributed by atoms with Crippen molar-refractivity contribution >= 4 is 11.9 Å². The fourth-order valence-corrected chi connectivity index (χ4v) is 1.98. The smallest absolute Gasteiger partial charge is 0.328 e. The first-order valence-electron chi connectivity index (χ1n) is 5.69. The molecule has 0 aromatic rings. The van der Waals surface area contributed by atoms with Crippen LogP contribution in [-0.2, 0) is 14.3 Å². The number of rotatable bonds is 3. The molecule has 2 unspecified atom stereocenters. The molecule has 1 heterocycles. The second-order valence-corrected chi connectivity index (χ2v) is 4.13. The van der Waals surface area contributed by atoms with Crippen LogP contribution in [0, 0.1) is 5.92 Å². The minimum atomic E-state index is -0.436. The summed E-state index contributed by atoms with van der Waals surface area (Å²) in [6, 6.07) is -0.436. The fourth-order valence-electron chi connectivity index (χ4n) is 1.98. The predicted molar refractivity (Wildman–Crippen MR) is 60.7 cm³/mol. The Morgan fingerprint density at radius 2 is 2.25 bits per heavy atom. The van der Waals surface area contributed by atoms with Gasteiger partial charge < -0.3 is 9.64 Å². The zero-order valence-corrected chi connectivity index (χ0v) is 9.94. The zero-order chi connectivity index (χ0) is 12.1. The third kappa shape index (κ3) is 2.84. The molecular formula is C12H19NO3. The van der Waals surface area contributed by atoms with Gasteiger partial charge in [-0.2, -0.15) is 0 Å². The largest absolute Gasteiger partial charge is 0.464 e. The van der Waals surface area contributed by atoms with Gasteiger partial charge in [-0.05, 0) is 31.8 Å². The predicted octanol–water partition coefficient (Wildman–Crippen LogP) is 1.36. The molecule has 1 fully saturated rings. The summed E-state index contributed by atoms with van der Waals surface area (Å²) in [4.78, 5) is 24.9. The standard InChI is InChI=1S/C12H19NO3/c1-4-11(14)13-7-6-9(3)8-10(13)12(15)16-5-2/h4,9-10H,1,5-8H2,2-3H3. The van der Waals surface area contributed by atoms with Crippen LogP contribution in [0.2, 0.25) is 0 Å². The second kappa shape index (κ2) is 5.68. The third-order valence-electron chi connectivity index (χ3n) is 2.88. The van der Waals surface area contributed by atoms with Crippen LogP contribution in [0.5, 0.6) is 0 Å². The quantitative estimate of drug-likeness (QED) is 0.538. The molecule has 4 heteroatoms. The van der Waals surface area contributed by atoms with Crippen LogP contribution in [0.3, 0.4) is 0 Å². The van der Waals surface area contributed by atoms with E-state index in [1.807, 2.05) is 0 Å². The SMILES string of the molecule is C=CC(=O)N1CCC(C)CC1C(=O)OCC. The number of likely N-dealkylation sites (tertiary alicyclic amines) is 1. The Morgan fingerprint density at radius 3 is 2.81 bits per heavy atom. The van der Waals surface area contributed by atoms with E-state index in [0.717, 1.165) is 6.42 Å². The summed E-state index contributed by atoms with van der Waals surface area (Å²) >= 11 is 0. The summed E-state index contributed by atoms with van der Waals surface area (Å²) in [6.45, 7) is 8.26. The van der Waals surface area contributed by atoms with Crippen molar-refractivity contribution in [2.75, 3.05) is 13.2 Å². The number of nitrogens with zero attached hydrogens (tertiary/aromatic N) is 1. The van der Waals surface area contributed by atoms with E-state index in [9.17, 15) is 9.59 Å².